The van der Waals surface area contributed by atoms with Crippen LogP contribution in [0.1, 0.15) is 5.56 Å². The minimum Gasteiger partial charge on any atom is -0.379 e. The second-order valence-electron chi connectivity index (χ2n) is 6.26. The fourth-order valence-electron chi connectivity index (χ4n) is 2.76. The summed E-state index contributed by atoms with van der Waals surface area (Å²) in [5.41, 5.74) is 3.25. The number of nitrogens with zero attached hydrogens (tertiary/aromatic N) is 3. The van der Waals surface area contributed by atoms with Gasteiger partial charge in [0.25, 0.3) is 5.69 Å². The lowest BCUT2D eigenvalue weighted by atomic mass is 10.2. The third-order valence-corrected chi connectivity index (χ3v) is 6.58. The highest BCUT2D eigenvalue weighted by atomic mass is 79.9. The molecule has 11 heteroatoms. The topological polar surface area (TPSA) is 114 Å². The third-order valence-electron chi connectivity index (χ3n) is 4.25. The van der Waals surface area contributed by atoms with E-state index in [4.69, 9.17) is 4.74 Å². The molecule has 30 heavy (non-hydrogen) atoms. The lowest BCUT2D eigenvalue weighted by Crippen LogP contribution is -2.40. The molecule has 9 nitrogen and oxygen atoms in total. The SMILES string of the molecule is O=[N+]([O-])c1cc(S(=O)(=O)N2CCOCC2)ccc1NN=CC(Br)=Cc1ccccc1. The molecule has 1 N–H and O–H groups in total. The summed E-state index contributed by atoms with van der Waals surface area (Å²) in [5.74, 6) is 0. The van der Waals surface area contributed by atoms with Crippen molar-refractivity contribution < 1.29 is 18.1 Å². The monoisotopic (exact) mass is 494 g/mol. The zero-order valence-electron chi connectivity index (χ0n) is 15.8. The number of nitro benzene ring substituents is 1. The Morgan fingerprint density at radius 1 is 1.20 bits per heavy atom. The van der Waals surface area contributed by atoms with Crippen LogP contribution in [-0.2, 0) is 14.8 Å². The Hall–Kier alpha value is -2.60. The number of sulfonamides is 1. The van der Waals surface area contributed by atoms with Gasteiger partial charge >= 0.3 is 0 Å². The zero-order chi connectivity index (χ0) is 21.6. The molecule has 0 saturated carbocycles. The van der Waals surface area contributed by atoms with Crippen LogP contribution < -0.4 is 5.43 Å². The predicted octanol–water partition coefficient (Wildman–Crippen LogP) is 3.45. The van der Waals surface area contributed by atoms with Gasteiger partial charge in [-0.1, -0.05) is 30.3 Å². The average molecular weight is 495 g/mol. The molecular formula is C19H19BrN4O5S. The normalized spacial score (nSPS) is 16.0. The maximum absolute atomic E-state index is 12.7. The molecule has 0 atom stereocenters. The molecule has 1 fully saturated rings. The van der Waals surface area contributed by atoms with E-state index in [1.54, 1.807) is 0 Å². The maximum atomic E-state index is 12.7. The Morgan fingerprint density at radius 2 is 1.90 bits per heavy atom. The van der Waals surface area contributed by atoms with Crippen LogP contribution in [0, 0.1) is 10.1 Å². The van der Waals surface area contributed by atoms with Crippen molar-refractivity contribution in [2.45, 2.75) is 4.90 Å². The molecule has 0 bridgehead atoms. The average Bonchev–Trinajstić information content (AvgIpc) is 2.75. The standard InChI is InChI=1S/C19H19BrN4O5S/c20-16(12-15-4-2-1-3-5-15)14-21-22-18-7-6-17(13-19(18)24(25)26)30(27,28)23-8-10-29-11-9-23/h1-7,12-14,22H,8-11H2. The number of nitrogens with one attached hydrogen (secondary N) is 1. The first-order valence-electron chi connectivity index (χ1n) is 8.95. The summed E-state index contributed by atoms with van der Waals surface area (Å²) in [6, 6.07) is 13.2. The minimum atomic E-state index is -3.84. The largest absolute Gasteiger partial charge is 0.379 e. The van der Waals surface area contributed by atoms with Crippen molar-refractivity contribution in [3.63, 3.8) is 0 Å². The molecule has 3 rings (SSSR count). The van der Waals surface area contributed by atoms with E-state index in [2.05, 4.69) is 26.5 Å². The first kappa shape index (κ1) is 22.1. The molecule has 1 heterocycles. The Morgan fingerprint density at radius 3 is 2.57 bits per heavy atom. The minimum absolute atomic E-state index is 0.0807. The Labute approximate surface area is 182 Å². The van der Waals surface area contributed by atoms with E-state index in [0.29, 0.717) is 17.7 Å². The number of ether oxygens (including phenoxy) is 1. The van der Waals surface area contributed by atoms with Gasteiger partial charge in [-0.2, -0.15) is 9.41 Å². The Balaban J connectivity index is 1.79. The molecule has 1 saturated heterocycles. The highest BCUT2D eigenvalue weighted by molar-refractivity contribution is 9.12. The van der Waals surface area contributed by atoms with Crippen LogP contribution in [-0.4, -0.2) is 50.2 Å². The fraction of sp³-hybridized carbons (Fsp3) is 0.211. The Bertz CT molecular complexity index is 1070. The number of nitro groups is 1. The molecule has 0 unspecified atom stereocenters. The Kier molecular flexibility index (Phi) is 7.32. The van der Waals surface area contributed by atoms with Crippen LogP contribution in [0.5, 0.6) is 0 Å². The zero-order valence-corrected chi connectivity index (χ0v) is 18.2. The molecule has 158 valence electrons. The van der Waals surface area contributed by atoms with Gasteiger partial charge in [-0.25, -0.2) is 8.42 Å². The summed E-state index contributed by atoms with van der Waals surface area (Å²) < 4.78 is 32.5. The molecule has 1 aliphatic heterocycles. The van der Waals surface area contributed by atoms with Crippen LogP contribution in [0.25, 0.3) is 6.08 Å². The number of halogens is 1. The van der Waals surface area contributed by atoms with Gasteiger partial charge in [0, 0.05) is 23.6 Å². The van der Waals surface area contributed by atoms with E-state index in [1.165, 1.54) is 22.7 Å². The third kappa shape index (κ3) is 5.51. The number of benzene rings is 2. The second kappa shape index (κ2) is 9.94. The number of rotatable bonds is 7. The first-order chi connectivity index (χ1) is 14.4. The number of hydrazone groups is 1. The molecular weight excluding hydrogens is 476 g/mol. The smallest absolute Gasteiger partial charge is 0.295 e. The number of hydrogen-bond donors (Lipinski definition) is 1. The molecule has 0 radical (unpaired) electrons. The lowest BCUT2D eigenvalue weighted by Gasteiger charge is -2.26. The van der Waals surface area contributed by atoms with Gasteiger partial charge in [0.2, 0.25) is 10.0 Å². The lowest BCUT2D eigenvalue weighted by molar-refractivity contribution is -0.384. The van der Waals surface area contributed by atoms with Gasteiger partial charge in [-0.15, -0.1) is 0 Å². The molecule has 2 aromatic carbocycles. The highest BCUT2D eigenvalue weighted by Crippen LogP contribution is 2.29. The van der Waals surface area contributed by atoms with Gasteiger partial charge < -0.3 is 4.74 Å². The predicted molar refractivity (Wildman–Crippen MR) is 118 cm³/mol. The van der Waals surface area contributed by atoms with Crippen molar-refractivity contribution in [2.75, 3.05) is 31.7 Å². The molecule has 0 aliphatic carbocycles. The molecule has 0 amide bonds. The quantitative estimate of drug-likeness (QED) is 0.358. The molecule has 2 aromatic rings. The van der Waals surface area contributed by atoms with Crippen LogP contribution in [0.3, 0.4) is 0 Å². The van der Waals surface area contributed by atoms with E-state index in [0.717, 1.165) is 11.6 Å². The number of anilines is 1. The van der Waals surface area contributed by atoms with E-state index in [9.17, 15) is 18.5 Å². The van der Waals surface area contributed by atoms with E-state index >= 15 is 0 Å². The summed E-state index contributed by atoms with van der Waals surface area (Å²) in [6.45, 7) is 1.01. The summed E-state index contributed by atoms with van der Waals surface area (Å²) in [7, 11) is -3.84. The van der Waals surface area contributed by atoms with Gasteiger partial charge in [-0.05, 0) is 39.7 Å². The van der Waals surface area contributed by atoms with Crippen LogP contribution in [0.15, 0.2) is 63.0 Å². The van der Waals surface area contributed by atoms with E-state index < -0.39 is 14.9 Å². The fourth-order valence-corrected chi connectivity index (χ4v) is 4.56. The summed E-state index contributed by atoms with van der Waals surface area (Å²) in [4.78, 5) is 10.7. The first-order valence-corrected chi connectivity index (χ1v) is 11.2. The summed E-state index contributed by atoms with van der Waals surface area (Å²) in [5, 5.41) is 15.5. The van der Waals surface area contributed by atoms with E-state index in [1.807, 2.05) is 36.4 Å². The summed E-state index contributed by atoms with van der Waals surface area (Å²) >= 11 is 3.36. The second-order valence-corrected chi connectivity index (χ2v) is 9.12. The van der Waals surface area contributed by atoms with Gasteiger partial charge in [0.1, 0.15) is 5.69 Å². The maximum Gasteiger partial charge on any atom is 0.295 e. The van der Waals surface area contributed by atoms with Gasteiger partial charge in [-0.3, -0.25) is 15.5 Å². The van der Waals surface area contributed by atoms with Gasteiger partial charge in [0.15, 0.2) is 0 Å². The molecule has 0 aromatic heterocycles. The van der Waals surface area contributed by atoms with Crippen LogP contribution in [0.4, 0.5) is 11.4 Å². The summed E-state index contributed by atoms with van der Waals surface area (Å²) in [6.07, 6.45) is 3.28. The van der Waals surface area contributed by atoms with Crippen LogP contribution >= 0.6 is 15.9 Å². The van der Waals surface area contributed by atoms with Crippen LogP contribution in [0.2, 0.25) is 0 Å². The van der Waals surface area contributed by atoms with Crippen molar-refractivity contribution in [1.82, 2.24) is 4.31 Å². The van der Waals surface area contributed by atoms with Crippen molar-refractivity contribution >= 4 is 49.6 Å². The van der Waals surface area contributed by atoms with Gasteiger partial charge in [0.05, 0.1) is 29.2 Å². The van der Waals surface area contributed by atoms with Crippen molar-refractivity contribution in [1.29, 1.82) is 0 Å². The molecule has 1 aliphatic rings. The number of morpholine rings is 1. The van der Waals surface area contributed by atoms with Crippen molar-refractivity contribution in [3.05, 3.63) is 68.7 Å². The van der Waals surface area contributed by atoms with E-state index in [-0.39, 0.29) is 29.4 Å². The number of hydrogen-bond acceptors (Lipinski definition) is 7. The number of allylic oxidation sites excluding steroid dienone is 1. The van der Waals surface area contributed by atoms with Crippen molar-refractivity contribution in [2.24, 2.45) is 5.10 Å². The van der Waals surface area contributed by atoms with Crippen molar-refractivity contribution in [3.8, 4) is 0 Å². The molecule has 0 spiro atoms. The highest BCUT2D eigenvalue weighted by Gasteiger charge is 2.28.